The molecule has 242 valence electrons. The van der Waals surface area contributed by atoms with Crippen LogP contribution in [0.1, 0.15) is 114 Å². The molecule has 7 nitrogen and oxygen atoms in total. The Labute approximate surface area is 267 Å². The van der Waals surface area contributed by atoms with Crippen LogP contribution in [0.5, 0.6) is 0 Å². The lowest BCUT2D eigenvalue weighted by Crippen LogP contribution is -2.43. The van der Waals surface area contributed by atoms with Gasteiger partial charge in [-0.25, -0.2) is 9.59 Å². The van der Waals surface area contributed by atoms with Crippen LogP contribution in [0, 0.1) is 0 Å². The summed E-state index contributed by atoms with van der Waals surface area (Å²) in [6, 6.07) is 15.0. The molecule has 2 aromatic carbocycles. The van der Waals surface area contributed by atoms with Crippen molar-refractivity contribution >= 4 is 29.8 Å². The van der Waals surface area contributed by atoms with Crippen molar-refractivity contribution in [1.29, 1.82) is 0 Å². The largest absolute Gasteiger partial charge is 0.480 e. The predicted octanol–water partition coefficient (Wildman–Crippen LogP) is 8.74. The monoisotopic (exact) mass is 625 g/mol. The highest BCUT2D eigenvalue weighted by atomic mass is 32.2. The summed E-state index contributed by atoms with van der Waals surface area (Å²) >= 11 is 1.32. The van der Waals surface area contributed by atoms with E-state index in [0.29, 0.717) is 12.2 Å². The molecule has 1 atom stereocenters. The van der Waals surface area contributed by atoms with Gasteiger partial charge >= 0.3 is 18.0 Å². The van der Waals surface area contributed by atoms with Gasteiger partial charge in [0.2, 0.25) is 0 Å². The number of ether oxygens (including phenoxy) is 2. The first-order valence-corrected chi connectivity index (χ1v) is 17.7. The van der Waals surface area contributed by atoms with E-state index in [1.807, 2.05) is 36.4 Å². The number of unbranched alkanes of at least 4 members (excludes halogenated alkanes) is 12. The summed E-state index contributed by atoms with van der Waals surface area (Å²) in [7, 11) is 0. The van der Waals surface area contributed by atoms with Crippen molar-refractivity contribution in [2.75, 3.05) is 24.7 Å². The number of amides is 1. The number of esters is 1. The minimum atomic E-state index is -1.13. The smallest absolute Gasteiger partial charge is 0.407 e. The van der Waals surface area contributed by atoms with Crippen LogP contribution >= 0.6 is 11.8 Å². The average Bonchev–Trinajstić information content (AvgIpc) is 3.35. The molecule has 0 fully saturated rings. The Bertz CT molecular complexity index is 1110. The van der Waals surface area contributed by atoms with Crippen LogP contribution in [0.4, 0.5) is 4.79 Å². The van der Waals surface area contributed by atoms with E-state index in [-0.39, 0.29) is 30.9 Å². The lowest BCUT2D eigenvalue weighted by molar-refractivity contribution is -0.143. The number of benzene rings is 2. The fourth-order valence-electron chi connectivity index (χ4n) is 5.73. The minimum Gasteiger partial charge on any atom is -0.480 e. The highest BCUT2D eigenvalue weighted by Gasteiger charge is 2.29. The first-order chi connectivity index (χ1) is 21.5. The first kappa shape index (κ1) is 35.5. The summed E-state index contributed by atoms with van der Waals surface area (Å²) in [6.45, 7) is 2.59. The van der Waals surface area contributed by atoms with Gasteiger partial charge in [0.1, 0.15) is 19.3 Å². The second-order valence-electron chi connectivity index (χ2n) is 11.6. The molecule has 1 aliphatic rings. The molecule has 0 radical (unpaired) electrons. The number of hydrogen-bond donors (Lipinski definition) is 2. The van der Waals surface area contributed by atoms with Gasteiger partial charge in [0.25, 0.3) is 0 Å². The quantitative estimate of drug-likeness (QED) is 0.0940. The zero-order valence-electron chi connectivity index (χ0n) is 26.4. The molecule has 0 aliphatic heterocycles. The molecule has 2 N–H and O–H groups in total. The van der Waals surface area contributed by atoms with Crippen LogP contribution in [0.15, 0.2) is 48.5 Å². The Kier molecular flexibility index (Phi) is 16.8. The molecule has 1 unspecified atom stereocenters. The molecule has 1 amide bonds. The topological polar surface area (TPSA) is 102 Å². The standard InChI is InChI=1S/C36H51NO6S/c1-2-3-4-5-6-7-8-9-10-11-12-13-14-23-34(38)42-24-25-44-27-33(35(39)40)37-36(41)43-26-32-30-21-17-15-19-28(30)29-20-16-18-22-31(29)32/h15-22,32-33H,2-14,23-27H2,1H3,(H,37,41)(H,39,40). The maximum absolute atomic E-state index is 12.5. The normalized spacial score (nSPS) is 12.8. The lowest BCUT2D eigenvalue weighted by Gasteiger charge is -2.17. The molecule has 8 heteroatoms. The SMILES string of the molecule is CCCCCCCCCCCCCCCC(=O)OCCSCC(NC(=O)OCC1c2ccccc2-c2ccccc21)C(=O)O. The van der Waals surface area contributed by atoms with Gasteiger partial charge in [-0.05, 0) is 28.7 Å². The van der Waals surface area contributed by atoms with Gasteiger partial charge in [0, 0.05) is 23.8 Å². The molecule has 0 bridgehead atoms. The minimum absolute atomic E-state index is 0.0970. The highest BCUT2D eigenvalue weighted by molar-refractivity contribution is 7.99. The fourth-order valence-corrected chi connectivity index (χ4v) is 6.56. The van der Waals surface area contributed by atoms with E-state index in [4.69, 9.17) is 9.47 Å². The summed E-state index contributed by atoms with van der Waals surface area (Å²) < 4.78 is 10.8. The van der Waals surface area contributed by atoms with Crippen LogP contribution in [-0.4, -0.2) is 53.9 Å². The number of rotatable bonds is 23. The molecule has 2 aromatic rings. The number of aliphatic carboxylic acids is 1. The van der Waals surface area contributed by atoms with Crippen molar-refractivity contribution in [1.82, 2.24) is 5.32 Å². The number of thioether (sulfide) groups is 1. The van der Waals surface area contributed by atoms with Gasteiger partial charge in [-0.2, -0.15) is 11.8 Å². The molecule has 44 heavy (non-hydrogen) atoms. The van der Waals surface area contributed by atoms with Gasteiger partial charge in [-0.15, -0.1) is 0 Å². The number of carboxylic acids is 1. The van der Waals surface area contributed by atoms with E-state index >= 15 is 0 Å². The van der Waals surface area contributed by atoms with Crippen LogP contribution in [0.2, 0.25) is 0 Å². The molecule has 0 saturated carbocycles. The summed E-state index contributed by atoms with van der Waals surface area (Å²) in [5.74, 6) is -0.831. The number of carbonyl (C=O) groups excluding carboxylic acids is 2. The van der Waals surface area contributed by atoms with E-state index < -0.39 is 18.1 Å². The number of carbonyl (C=O) groups is 3. The van der Waals surface area contributed by atoms with Crippen LogP contribution < -0.4 is 5.32 Å². The first-order valence-electron chi connectivity index (χ1n) is 16.6. The fraction of sp³-hybridized carbons (Fsp3) is 0.583. The van der Waals surface area contributed by atoms with Crippen molar-refractivity contribution in [2.45, 2.75) is 109 Å². The Morgan fingerprint density at radius 2 is 1.30 bits per heavy atom. The van der Waals surface area contributed by atoms with E-state index in [2.05, 4.69) is 24.4 Å². The molecular weight excluding hydrogens is 574 g/mol. The van der Waals surface area contributed by atoms with Crippen LogP contribution in [-0.2, 0) is 19.1 Å². The van der Waals surface area contributed by atoms with Crippen LogP contribution in [0.3, 0.4) is 0 Å². The van der Waals surface area contributed by atoms with E-state index in [1.54, 1.807) is 0 Å². The van der Waals surface area contributed by atoms with Crippen LogP contribution in [0.25, 0.3) is 11.1 Å². The lowest BCUT2D eigenvalue weighted by atomic mass is 9.98. The molecule has 0 spiro atoms. The second kappa shape index (κ2) is 20.9. The third-order valence-corrected chi connectivity index (χ3v) is 9.22. The Balaban J connectivity index is 1.21. The third-order valence-electron chi connectivity index (χ3n) is 8.19. The third kappa shape index (κ3) is 12.5. The second-order valence-corrected chi connectivity index (χ2v) is 12.8. The Morgan fingerprint density at radius 1 is 0.773 bits per heavy atom. The molecule has 0 saturated heterocycles. The van der Waals surface area contributed by atoms with Crippen molar-refractivity contribution in [3.63, 3.8) is 0 Å². The predicted molar refractivity (Wildman–Crippen MR) is 178 cm³/mol. The summed E-state index contributed by atoms with van der Waals surface area (Å²) in [4.78, 5) is 36.3. The molecule has 1 aliphatic carbocycles. The van der Waals surface area contributed by atoms with E-state index in [1.165, 1.54) is 76.0 Å². The summed E-state index contributed by atoms with van der Waals surface area (Å²) in [6.07, 6.45) is 16.0. The maximum Gasteiger partial charge on any atom is 0.407 e. The summed E-state index contributed by atoms with van der Waals surface area (Å²) in [5.41, 5.74) is 4.44. The van der Waals surface area contributed by atoms with Gasteiger partial charge in [0.05, 0.1) is 0 Å². The molecule has 0 heterocycles. The van der Waals surface area contributed by atoms with Gasteiger partial charge in [0.15, 0.2) is 0 Å². The van der Waals surface area contributed by atoms with Gasteiger partial charge in [-0.1, -0.05) is 133 Å². The Morgan fingerprint density at radius 3 is 1.84 bits per heavy atom. The highest BCUT2D eigenvalue weighted by Crippen LogP contribution is 2.44. The van der Waals surface area contributed by atoms with Gasteiger partial charge < -0.3 is 19.9 Å². The molecular formula is C36H51NO6S. The zero-order chi connectivity index (χ0) is 31.4. The number of nitrogens with one attached hydrogen (secondary N) is 1. The maximum atomic E-state index is 12.5. The zero-order valence-corrected chi connectivity index (χ0v) is 27.2. The summed E-state index contributed by atoms with van der Waals surface area (Å²) in [5, 5.41) is 12.1. The number of alkyl carbamates (subject to hydrolysis) is 1. The van der Waals surface area contributed by atoms with Crippen molar-refractivity contribution in [3.8, 4) is 11.1 Å². The number of hydrogen-bond acceptors (Lipinski definition) is 6. The molecule has 0 aromatic heterocycles. The van der Waals surface area contributed by atoms with Crippen molar-refractivity contribution in [2.24, 2.45) is 0 Å². The van der Waals surface area contributed by atoms with E-state index in [9.17, 15) is 19.5 Å². The van der Waals surface area contributed by atoms with Crippen molar-refractivity contribution < 1.29 is 29.0 Å². The average molecular weight is 626 g/mol. The number of carboxylic acid groups (broad SMARTS) is 1. The number of fused-ring (bicyclic) bond motifs is 3. The Hall–Kier alpha value is -3.00. The van der Waals surface area contributed by atoms with Gasteiger partial charge in [-0.3, -0.25) is 4.79 Å². The van der Waals surface area contributed by atoms with E-state index in [0.717, 1.165) is 41.5 Å². The molecule has 3 rings (SSSR count). The van der Waals surface area contributed by atoms with Crippen molar-refractivity contribution in [3.05, 3.63) is 59.7 Å².